The van der Waals surface area contributed by atoms with Crippen LogP contribution in [0.2, 0.25) is 0 Å². The molecule has 2 N–H and O–H groups in total. The normalized spacial score (nSPS) is 20.4. The van der Waals surface area contributed by atoms with Gasteiger partial charge in [0.25, 0.3) is 0 Å². The maximum absolute atomic E-state index is 11.8. The molecule has 7 heteroatoms. The van der Waals surface area contributed by atoms with Crippen LogP contribution in [-0.4, -0.2) is 44.1 Å². The summed E-state index contributed by atoms with van der Waals surface area (Å²) in [5, 5.41) is 9.09. The van der Waals surface area contributed by atoms with Crippen molar-refractivity contribution in [2.45, 2.75) is 6.42 Å². The molecule has 0 saturated carbocycles. The Kier molecular flexibility index (Phi) is 2.25. The van der Waals surface area contributed by atoms with Crippen molar-refractivity contribution in [2.24, 2.45) is 5.92 Å². The van der Waals surface area contributed by atoms with Crippen LogP contribution in [0.3, 0.4) is 0 Å². The standard InChI is InChI=1S/C10H11N5O2/c16-3-6-1-7(17)15(2-6)10-8-9(12-4-11-8)13-5-14-10/h4-6,16H,1-3H2,(H,11,12,13,14). The van der Waals surface area contributed by atoms with Crippen molar-refractivity contribution >= 4 is 22.9 Å². The lowest BCUT2D eigenvalue weighted by Crippen LogP contribution is -2.26. The third-order valence-corrected chi connectivity index (χ3v) is 2.92. The van der Waals surface area contributed by atoms with E-state index in [4.69, 9.17) is 5.11 Å². The maximum Gasteiger partial charge on any atom is 0.228 e. The minimum Gasteiger partial charge on any atom is -0.396 e. The summed E-state index contributed by atoms with van der Waals surface area (Å²) in [6.45, 7) is 0.500. The van der Waals surface area contributed by atoms with Crippen LogP contribution in [0.1, 0.15) is 6.42 Å². The van der Waals surface area contributed by atoms with Crippen LogP contribution >= 0.6 is 0 Å². The zero-order chi connectivity index (χ0) is 11.8. The van der Waals surface area contributed by atoms with Gasteiger partial charge in [-0.1, -0.05) is 0 Å². The molecule has 0 radical (unpaired) electrons. The fraction of sp³-hybridized carbons (Fsp3) is 0.400. The van der Waals surface area contributed by atoms with E-state index in [1.54, 1.807) is 4.90 Å². The molecule has 1 atom stereocenters. The third-order valence-electron chi connectivity index (χ3n) is 2.92. The predicted octanol–water partition coefficient (Wildman–Crippen LogP) is -0.302. The largest absolute Gasteiger partial charge is 0.396 e. The van der Waals surface area contributed by atoms with Gasteiger partial charge in [-0.15, -0.1) is 0 Å². The van der Waals surface area contributed by atoms with Gasteiger partial charge in [-0.25, -0.2) is 15.0 Å². The average molecular weight is 233 g/mol. The first-order chi connectivity index (χ1) is 8.29. The number of fused-ring (bicyclic) bond motifs is 1. The van der Waals surface area contributed by atoms with Crippen LogP contribution in [-0.2, 0) is 4.79 Å². The Hall–Kier alpha value is -2.02. The number of aromatic amines is 1. The monoisotopic (exact) mass is 233 g/mol. The number of aliphatic hydroxyl groups is 1. The summed E-state index contributed by atoms with van der Waals surface area (Å²) < 4.78 is 0. The minimum atomic E-state index is -0.0290. The number of hydrogen-bond acceptors (Lipinski definition) is 5. The highest BCUT2D eigenvalue weighted by molar-refractivity contribution is 6.00. The van der Waals surface area contributed by atoms with Crippen molar-refractivity contribution in [1.29, 1.82) is 0 Å². The Bertz CT molecular complexity index is 567. The van der Waals surface area contributed by atoms with Gasteiger partial charge in [-0.3, -0.25) is 9.69 Å². The van der Waals surface area contributed by atoms with E-state index in [-0.39, 0.29) is 18.4 Å². The second-order valence-corrected chi connectivity index (χ2v) is 4.06. The van der Waals surface area contributed by atoms with E-state index in [2.05, 4.69) is 19.9 Å². The molecule has 3 heterocycles. The Morgan fingerprint density at radius 2 is 2.35 bits per heavy atom. The van der Waals surface area contributed by atoms with Crippen LogP contribution in [0.4, 0.5) is 5.82 Å². The molecule has 1 aliphatic rings. The van der Waals surface area contributed by atoms with Crippen molar-refractivity contribution < 1.29 is 9.90 Å². The number of nitrogens with zero attached hydrogens (tertiary/aromatic N) is 4. The predicted molar refractivity (Wildman–Crippen MR) is 59.2 cm³/mol. The molecule has 0 aliphatic carbocycles. The molecule has 7 nitrogen and oxygen atoms in total. The van der Waals surface area contributed by atoms with E-state index >= 15 is 0 Å². The number of anilines is 1. The second-order valence-electron chi connectivity index (χ2n) is 4.06. The molecule has 1 unspecified atom stereocenters. The van der Waals surface area contributed by atoms with Gasteiger partial charge in [-0.2, -0.15) is 0 Å². The summed E-state index contributed by atoms with van der Waals surface area (Å²) in [6, 6.07) is 0. The molecule has 1 aliphatic heterocycles. The van der Waals surface area contributed by atoms with Crippen LogP contribution in [0.15, 0.2) is 12.7 Å². The fourth-order valence-electron chi connectivity index (χ4n) is 2.07. The number of rotatable bonds is 2. The molecule has 3 rings (SSSR count). The lowest BCUT2D eigenvalue weighted by molar-refractivity contribution is -0.117. The number of aliphatic hydroxyl groups excluding tert-OH is 1. The van der Waals surface area contributed by atoms with Crippen LogP contribution < -0.4 is 4.90 Å². The smallest absolute Gasteiger partial charge is 0.228 e. The third kappa shape index (κ3) is 1.55. The van der Waals surface area contributed by atoms with E-state index in [0.29, 0.717) is 29.9 Å². The maximum atomic E-state index is 11.8. The summed E-state index contributed by atoms with van der Waals surface area (Å²) in [5.74, 6) is 0.488. The average Bonchev–Trinajstić information content (AvgIpc) is 2.94. The van der Waals surface area contributed by atoms with Crippen molar-refractivity contribution in [3.05, 3.63) is 12.7 Å². The Balaban J connectivity index is 2.04. The van der Waals surface area contributed by atoms with Gasteiger partial charge in [0.15, 0.2) is 11.5 Å². The molecule has 0 aromatic carbocycles. The number of hydrogen-bond donors (Lipinski definition) is 2. The molecule has 2 aromatic rings. The van der Waals surface area contributed by atoms with Gasteiger partial charge in [0.05, 0.1) is 6.33 Å². The van der Waals surface area contributed by atoms with Crippen LogP contribution in [0.5, 0.6) is 0 Å². The van der Waals surface area contributed by atoms with E-state index in [1.807, 2.05) is 0 Å². The van der Waals surface area contributed by atoms with Crippen molar-refractivity contribution in [1.82, 2.24) is 19.9 Å². The topological polar surface area (TPSA) is 95.0 Å². The molecule has 1 saturated heterocycles. The van der Waals surface area contributed by atoms with E-state index in [0.717, 1.165) is 0 Å². The second kappa shape index (κ2) is 3.77. The fourth-order valence-corrected chi connectivity index (χ4v) is 2.07. The molecule has 17 heavy (non-hydrogen) atoms. The molecule has 2 aromatic heterocycles. The molecule has 1 amide bonds. The SMILES string of the molecule is O=C1CC(CO)CN1c1ncnc2nc[nH]c12. The summed E-state index contributed by atoms with van der Waals surface area (Å²) in [7, 11) is 0. The number of imidazole rings is 1. The Morgan fingerprint density at radius 3 is 3.12 bits per heavy atom. The first-order valence-electron chi connectivity index (χ1n) is 5.35. The van der Waals surface area contributed by atoms with Gasteiger partial charge in [0, 0.05) is 25.5 Å². The van der Waals surface area contributed by atoms with E-state index < -0.39 is 0 Å². The van der Waals surface area contributed by atoms with Gasteiger partial charge < -0.3 is 10.1 Å². The summed E-state index contributed by atoms with van der Waals surface area (Å²) >= 11 is 0. The van der Waals surface area contributed by atoms with Gasteiger partial charge in [-0.05, 0) is 0 Å². The highest BCUT2D eigenvalue weighted by Gasteiger charge is 2.32. The lowest BCUT2D eigenvalue weighted by atomic mass is 10.1. The number of H-pyrrole nitrogens is 1. The summed E-state index contributed by atoms with van der Waals surface area (Å²) in [5.41, 5.74) is 1.19. The number of amides is 1. The number of carbonyl (C=O) groups excluding carboxylic acids is 1. The first-order valence-corrected chi connectivity index (χ1v) is 5.35. The first kappa shape index (κ1) is 10.2. The molecular formula is C10H11N5O2. The molecule has 1 fully saturated rings. The minimum absolute atomic E-state index is 0.0133. The summed E-state index contributed by atoms with van der Waals surface area (Å²) in [6.07, 6.45) is 3.26. The number of carbonyl (C=O) groups is 1. The van der Waals surface area contributed by atoms with Gasteiger partial charge in [0.2, 0.25) is 5.91 Å². The van der Waals surface area contributed by atoms with Gasteiger partial charge in [0.1, 0.15) is 11.8 Å². The Labute approximate surface area is 96.5 Å². The van der Waals surface area contributed by atoms with Gasteiger partial charge >= 0.3 is 0 Å². The van der Waals surface area contributed by atoms with Crippen LogP contribution in [0, 0.1) is 5.92 Å². The van der Waals surface area contributed by atoms with Crippen molar-refractivity contribution in [3.8, 4) is 0 Å². The highest BCUT2D eigenvalue weighted by atomic mass is 16.3. The quantitative estimate of drug-likeness (QED) is 0.742. The van der Waals surface area contributed by atoms with Crippen molar-refractivity contribution in [2.75, 3.05) is 18.1 Å². The summed E-state index contributed by atoms with van der Waals surface area (Å²) in [4.78, 5) is 28.5. The molecule has 88 valence electrons. The molecular weight excluding hydrogens is 222 g/mol. The van der Waals surface area contributed by atoms with E-state index in [9.17, 15) is 4.79 Å². The number of nitrogens with one attached hydrogen (secondary N) is 1. The highest BCUT2D eigenvalue weighted by Crippen LogP contribution is 2.26. The molecule has 0 spiro atoms. The van der Waals surface area contributed by atoms with Crippen LogP contribution in [0.25, 0.3) is 11.2 Å². The lowest BCUT2D eigenvalue weighted by Gasteiger charge is -2.15. The molecule has 0 bridgehead atoms. The zero-order valence-electron chi connectivity index (χ0n) is 9.00. The van der Waals surface area contributed by atoms with E-state index in [1.165, 1.54) is 12.7 Å². The Morgan fingerprint density at radius 1 is 1.47 bits per heavy atom. The zero-order valence-corrected chi connectivity index (χ0v) is 9.00. The number of aromatic nitrogens is 4. The van der Waals surface area contributed by atoms with Crippen molar-refractivity contribution in [3.63, 3.8) is 0 Å².